The van der Waals surface area contributed by atoms with Crippen LogP contribution in [-0.2, 0) is 0 Å². The zero-order valence-electron chi connectivity index (χ0n) is 17.9. The van der Waals surface area contributed by atoms with Crippen LogP contribution in [0.2, 0.25) is 0 Å². The van der Waals surface area contributed by atoms with Crippen LogP contribution in [0.25, 0.3) is 0 Å². The topological polar surface area (TPSA) is 0 Å². The van der Waals surface area contributed by atoms with E-state index in [0.29, 0.717) is 0 Å². The Morgan fingerprint density at radius 3 is 0.875 bits per heavy atom. The van der Waals surface area contributed by atoms with Crippen molar-refractivity contribution in [3.63, 3.8) is 0 Å². The van der Waals surface area contributed by atoms with Crippen molar-refractivity contribution >= 4 is 0 Å². The lowest BCUT2D eigenvalue weighted by Crippen LogP contribution is -1.73. The summed E-state index contributed by atoms with van der Waals surface area (Å²) in [7, 11) is 0. The molecule has 0 aromatic rings. The van der Waals surface area contributed by atoms with E-state index in [9.17, 15) is 0 Å². The maximum Gasteiger partial charge on any atom is -0.0353 e. The highest BCUT2D eigenvalue weighted by Crippen LogP contribution is 2.03. The Kier molecular flexibility index (Phi) is 40.0. The Balaban J connectivity index is -0.000000276. The second kappa shape index (κ2) is 33.9. The van der Waals surface area contributed by atoms with Gasteiger partial charge in [-0.3, -0.25) is 0 Å². The quantitative estimate of drug-likeness (QED) is 0.206. The number of rotatable bonds is 15. The Bertz CT molecular complexity index is 170. The highest BCUT2D eigenvalue weighted by atomic mass is 13.9. The van der Waals surface area contributed by atoms with E-state index in [1.807, 2.05) is 12.2 Å². The molecule has 0 N–H and O–H groups in total. The van der Waals surface area contributed by atoms with E-state index in [-0.39, 0.29) is 0 Å². The molecular weight excluding hydrogens is 288 g/mol. The largest absolute Gasteiger partial charge is 0.103 e. The van der Waals surface area contributed by atoms with E-state index in [2.05, 4.69) is 40.9 Å². The average Bonchev–Trinajstić information content (AvgIpc) is 2.61. The minimum absolute atomic E-state index is 1.19. The molecule has 0 bridgehead atoms. The molecule has 0 aliphatic rings. The smallest absolute Gasteiger partial charge is 0.0353 e. The molecule has 0 aromatic heterocycles. The first-order valence-corrected chi connectivity index (χ1v) is 11.0. The fourth-order valence-electron chi connectivity index (χ4n) is 2.28. The molecule has 0 heterocycles. The van der Waals surface area contributed by atoms with Crippen molar-refractivity contribution in [2.75, 3.05) is 0 Å². The molecule has 0 nitrogen and oxygen atoms in total. The molecule has 0 aliphatic carbocycles. The summed E-state index contributed by atoms with van der Waals surface area (Å²) < 4.78 is 0. The molecule has 0 heteroatoms. The van der Waals surface area contributed by atoms with Gasteiger partial charge in [0.05, 0.1) is 0 Å². The van der Waals surface area contributed by atoms with Crippen molar-refractivity contribution in [3.8, 4) is 0 Å². The molecule has 24 heavy (non-hydrogen) atoms. The van der Waals surface area contributed by atoms with Crippen LogP contribution >= 0.6 is 0 Å². The minimum Gasteiger partial charge on any atom is -0.103 e. The maximum absolute atomic E-state index is 3.66. The lowest BCUT2D eigenvalue weighted by atomic mass is 10.1. The van der Waals surface area contributed by atoms with E-state index in [1.54, 1.807) is 0 Å². The van der Waals surface area contributed by atoms with Crippen molar-refractivity contribution < 1.29 is 0 Å². The van der Waals surface area contributed by atoms with Crippen LogP contribution in [0.4, 0.5) is 0 Å². The van der Waals surface area contributed by atoms with Crippen molar-refractivity contribution in [3.05, 3.63) is 25.3 Å². The summed E-state index contributed by atoms with van der Waals surface area (Å²) in [4.78, 5) is 0. The van der Waals surface area contributed by atoms with Crippen molar-refractivity contribution in [1.82, 2.24) is 0 Å². The van der Waals surface area contributed by atoms with Crippen LogP contribution in [-0.4, -0.2) is 0 Å². The third-order valence-corrected chi connectivity index (χ3v) is 3.98. The molecule has 0 saturated carbocycles. The fourth-order valence-corrected chi connectivity index (χ4v) is 2.28. The molecule has 0 rings (SSSR count). The van der Waals surface area contributed by atoms with Crippen LogP contribution in [0.3, 0.4) is 0 Å². The van der Waals surface area contributed by atoms with E-state index in [1.165, 1.54) is 103 Å². The van der Waals surface area contributed by atoms with E-state index in [4.69, 9.17) is 0 Å². The maximum atomic E-state index is 3.66. The van der Waals surface area contributed by atoms with Crippen LogP contribution in [0, 0.1) is 0 Å². The zero-order chi connectivity index (χ0) is 18.7. The Hall–Kier alpha value is -0.520. The van der Waals surface area contributed by atoms with Gasteiger partial charge in [-0.1, -0.05) is 117 Å². The first kappa shape index (κ1) is 28.3. The highest BCUT2D eigenvalue weighted by molar-refractivity contribution is 4.65. The summed E-state index contributed by atoms with van der Waals surface area (Å²) in [6.45, 7) is 16.3. The predicted molar refractivity (Wildman–Crippen MR) is 117 cm³/mol. The molecule has 146 valence electrons. The highest BCUT2D eigenvalue weighted by Gasteiger charge is 1.83. The molecular formula is C24H50. The summed E-state index contributed by atoms with van der Waals surface area (Å²) in [6.07, 6.45) is 25.7. The molecule has 0 radical (unpaired) electrons. The third-order valence-electron chi connectivity index (χ3n) is 3.98. The van der Waals surface area contributed by atoms with Gasteiger partial charge in [0, 0.05) is 0 Å². The van der Waals surface area contributed by atoms with Gasteiger partial charge in [0.25, 0.3) is 0 Å². The number of allylic oxidation sites excluding steroid dienone is 2. The zero-order valence-corrected chi connectivity index (χ0v) is 17.9. The SMILES string of the molecule is C=CCCCCCC.C=CCCCCCC.CCCCCCCC. The molecule has 0 aromatic carbocycles. The van der Waals surface area contributed by atoms with Crippen LogP contribution in [0.15, 0.2) is 25.3 Å². The van der Waals surface area contributed by atoms with E-state index in [0.717, 1.165) is 0 Å². The second-order valence-electron chi connectivity index (χ2n) is 6.69. The van der Waals surface area contributed by atoms with Gasteiger partial charge in [0.15, 0.2) is 0 Å². The molecule has 0 saturated heterocycles. The number of hydrogen-bond acceptors (Lipinski definition) is 0. The van der Waals surface area contributed by atoms with Gasteiger partial charge in [-0.05, 0) is 25.7 Å². The third kappa shape index (κ3) is 43.0. The number of unbranched alkanes of at least 4 members (excludes halogenated alkanes) is 13. The molecule has 0 spiro atoms. The van der Waals surface area contributed by atoms with E-state index >= 15 is 0 Å². The Morgan fingerprint density at radius 2 is 0.667 bits per heavy atom. The predicted octanol–water partition coefficient (Wildman–Crippen LogP) is 9.65. The standard InChI is InChI=1S/C8H18.2C8H16/c3*1-3-5-7-8-6-4-2/h3-8H2,1-2H3;2*3H,1,4-8H2,2H3. The normalized spacial score (nSPS) is 9.33. The molecule has 0 atom stereocenters. The summed E-state index contributed by atoms with van der Waals surface area (Å²) >= 11 is 0. The van der Waals surface area contributed by atoms with E-state index < -0.39 is 0 Å². The molecule has 0 aliphatic heterocycles. The Morgan fingerprint density at radius 1 is 0.417 bits per heavy atom. The van der Waals surface area contributed by atoms with Gasteiger partial charge in [-0.15, -0.1) is 13.2 Å². The Labute approximate surface area is 156 Å². The minimum atomic E-state index is 1.19. The fraction of sp³-hybridized carbons (Fsp3) is 0.833. The van der Waals surface area contributed by atoms with Crippen LogP contribution in [0.5, 0.6) is 0 Å². The second-order valence-corrected chi connectivity index (χ2v) is 6.69. The summed E-state index contributed by atoms with van der Waals surface area (Å²) in [5.74, 6) is 0. The first-order valence-electron chi connectivity index (χ1n) is 11.0. The van der Waals surface area contributed by atoms with Crippen molar-refractivity contribution in [2.45, 2.75) is 130 Å². The van der Waals surface area contributed by atoms with Gasteiger partial charge in [-0.2, -0.15) is 0 Å². The summed E-state index contributed by atoms with van der Waals surface area (Å²) in [5, 5.41) is 0. The van der Waals surface area contributed by atoms with Gasteiger partial charge >= 0.3 is 0 Å². The van der Waals surface area contributed by atoms with Crippen LogP contribution in [0.1, 0.15) is 130 Å². The van der Waals surface area contributed by atoms with Crippen LogP contribution < -0.4 is 0 Å². The van der Waals surface area contributed by atoms with Crippen molar-refractivity contribution in [1.29, 1.82) is 0 Å². The number of hydrogen-bond donors (Lipinski definition) is 0. The van der Waals surface area contributed by atoms with Gasteiger partial charge in [0.2, 0.25) is 0 Å². The van der Waals surface area contributed by atoms with Gasteiger partial charge in [0.1, 0.15) is 0 Å². The van der Waals surface area contributed by atoms with Gasteiger partial charge in [-0.25, -0.2) is 0 Å². The average molecular weight is 339 g/mol. The lowest BCUT2D eigenvalue weighted by molar-refractivity contribution is 0.624. The summed E-state index contributed by atoms with van der Waals surface area (Å²) in [6, 6.07) is 0. The lowest BCUT2D eigenvalue weighted by Gasteiger charge is -1.93. The summed E-state index contributed by atoms with van der Waals surface area (Å²) in [5.41, 5.74) is 0. The molecule has 0 fully saturated rings. The first-order chi connectivity index (χ1) is 11.7. The molecule has 0 amide bonds. The van der Waals surface area contributed by atoms with Crippen molar-refractivity contribution in [2.24, 2.45) is 0 Å². The molecule has 0 unspecified atom stereocenters. The monoisotopic (exact) mass is 338 g/mol. The van der Waals surface area contributed by atoms with Gasteiger partial charge < -0.3 is 0 Å².